The van der Waals surface area contributed by atoms with Crippen LogP contribution in [0.4, 0.5) is 11.4 Å². The minimum absolute atomic E-state index is 0.206. The van der Waals surface area contributed by atoms with E-state index in [1.165, 1.54) is 4.90 Å². The summed E-state index contributed by atoms with van der Waals surface area (Å²) in [6, 6.07) is 19.7. The molecule has 0 radical (unpaired) electrons. The van der Waals surface area contributed by atoms with Gasteiger partial charge in [-0.25, -0.2) is 4.90 Å². The van der Waals surface area contributed by atoms with Gasteiger partial charge in [0.2, 0.25) is 0 Å². The number of hydrogen-bond acceptors (Lipinski definition) is 3. The molecule has 0 saturated carbocycles. The Labute approximate surface area is 191 Å². The normalized spacial score (nSPS) is 13.9. The van der Waals surface area contributed by atoms with E-state index in [1.807, 2.05) is 25.1 Å². The van der Waals surface area contributed by atoms with Crippen LogP contribution in [0.2, 0.25) is 10.0 Å². The van der Waals surface area contributed by atoms with Crippen LogP contribution in [0.3, 0.4) is 0 Å². The van der Waals surface area contributed by atoms with Gasteiger partial charge >= 0.3 is 0 Å². The first-order valence-corrected chi connectivity index (χ1v) is 10.7. The predicted octanol–water partition coefficient (Wildman–Crippen LogP) is 6.26. The third-order valence-electron chi connectivity index (χ3n) is 5.28. The van der Waals surface area contributed by atoms with Crippen LogP contribution in [0.1, 0.15) is 23.6 Å². The molecule has 1 aliphatic heterocycles. The Kier molecular flexibility index (Phi) is 5.86. The van der Waals surface area contributed by atoms with Crippen molar-refractivity contribution >= 4 is 52.0 Å². The smallest absolute Gasteiger partial charge is 0.282 e. The highest BCUT2D eigenvalue weighted by Crippen LogP contribution is 2.35. The van der Waals surface area contributed by atoms with Crippen molar-refractivity contribution in [2.24, 2.45) is 0 Å². The molecule has 4 rings (SSSR count). The lowest BCUT2D eigenvalue weighted by molar-refractivity contribution is -0.120. The maximum atomic E-state index is 13.5. The number of carbonyl (C=O) groups is 2. The first kappa shape index (κ1) is 21.2. The average Bonchev–Trinajstić information content (AvgIpc) is 3.01. The number of aryl methyl sites for hydroxylation is 2. The SMILES string of the molecule is CCc1ccc(N2C(=O)C(Nc3cc(Cl)ccc3C)=C(c3ccc(Cl)cc3)C2=O)cc1. The van der Waals surface area contributed by atoms with Crippen molar-refractivity contribution in [2.45, 2.75) is 20.3 Å². The number of anilines is 2. The van der Waals surface area contributed by atoms with E-state index in [1.54, 1.807) is 48.5 Å². The van der Waals surface area contributed by atoms with Crippen LogP contribution in [-0.2, 0) is 16.0 Å². The first-order valence-electron chi connectivity index (χ1n) is 9.90. The number of nitrogens with one attached hydrogen (secondary N) is 1. The van der Waals surface area contributed by atoms with Crippen molar-refractivity contribution in [3.05, 3.63) is 99.2 Å². The Morgan fingerprint density at radius 1 is 0.839 bits per heavy atom. The molecule has 156 valence electrons. The number of nitrogens with zero attached hydrogens (tertiary/aromatic N) is 1. The molecule has 0 atom stereocenters. The number of hydrogen-bond donors (Lipinski definition) is 1. The van der Waals surface area contributed by atoms with Crippen LogP contribution in [0.15, 0.2) is 72.4 Å². The molecular weight excluding hydrogens is 431 g/mol. The topological polar surface area (TPSA) is 49.4 Å². The summed E-state index contributed by atoms with van der Waals surface area (Å²) >= 11 is 12.2. The summed E-state index contributed by atoms with van der Waals surface area (Å²) in [6.45, 7) is 3.96. The molecule has 1 aliphatic rings. The molecule has 0 saturated heterocycles. The van der Waals surface area contributed by atoms with Gasteiger partial charge in [0.05, 0.1) is 11.3 Å². The monoisotopic (exact) mass is 450 g/mol. The zero-order chi connectivity index (χ0) is 22.1. The van der Waals surface area contributed by atoms with Crippen LogP contribution in [0.5, 0.6) is 0 Å². The van der Waals surface area contributed by atoms with Crippen LogP contribution in [-0.4, -0.2) is 11.8 Å². The van der Waals surface area contributed by atoms with Gasteiger partial charge in [-0.2, -0.15) is 0 Å². The van der Waals surface area contributed by atoms with Gasteiger partial charge in [-0.1, -0.05) is 60.5 Å². The van der Waals surface area contributed by atoms with Crippen LogP contribution >= 0.6 is 23.2 Å². The molecule has 0 aromatic heterocycles. The zero-order valence-electron chi connectivity index (χ0n) is 17.1. The highest BCUT2D eigenvalue weighted by Gasteiger charge is 2.40. The van der Waals surface area contributed by atoms with E-state index in [0.29, 0.717) is 32.6 Å². The lowest BCUT2D eigenvalue weighted by Gasteiger charge is -2.16. The molecule has 0 bridgehead atoms. The van der Waals surface area contributed by atoms with Gasteiger partial charge in [0, 0.05) is 15.7 Å². The summed E-state index contributed by atoms with van der Waals surface area (Å²) in [6.07, 6.45) is 0.872. The third-order valence-corrected chi connectivity index (χ3v) is 5.77. The zero-order valence-corrected chi connectivity index (χ0v) is 18.6. The number of carbonyl (C=O) groups excluding carboxylic acids is 2. The molecule has 31 heavy (non-hydrogen) atoms. The van der Waals surface area contributed by atoms with Gasteiger partial charge in [0.1, 0.15) is 5.70 Å². The van der Waals surface area contributed by atoms with Crippen molar-refractivity contribution < 1.29 is 9.59 Å². The third kappa shape index (κ3) is 4.09. The van der Waals surface area contributed by atoms with Crippen LogP contribution < -0.4 is 10.2 Å². The molecule has 0 spiro atoms. The molecule has 0 unspecified atom stereocenters. The minimum atomic E-state index is -0.418. The Balaban J connectivity index is 1.82. The molecule has 0 aliphatic carbocycles. The van der Waals surface area contributed by atoms with Crippen molar-refractivity contribution in [3.63, 3.8) is 0 Å². The van der Waals surface area contributed by atoms with E-state index in [9.17, 15) is 9.59 Å². The summed E-state index contributed by atoms with van der Waals surface area (Å²) in [7, 11) is 0. The standard InChI is InChI=1S/C25H20Cl2N2O2/c1-3-16-5-12-20(13-6-16)29-24(30)22(17-7-10-18(26)11-8-17)23(25(29)31)28-21-14-19(27)9-4-15(21)2/h4-14,28H,3H2,1-2H3. The Morgan fingerprint density at radius 3 is 2.13 bits per heavy atom. The largest absolute Gasteiger partial charge is 0.350 e. The van der Waals surface area contributed by atoms with Crippen molar-refractivity contribution in [2.75, 3.05) is 10.2 Å². The van der Waals surface area contributed by atoms with Crippen LogP contribution in [0, 0.1) is 6.92 Å². The molecule has 0 fully saturated rings. The number of halogens is 2. The van der Waals surface area contributed by atoms with E-state index in [0.717, 1.165) is 17.5 Å². The number of amides is 2. The molecule has 3 aromatic rings. The van der Waals surface area contributed by atoms with Gasteiger partial charge < -0.3 is 5.32 Å². The van der Waals surface area contributed by atoms with E-state index >= 15 is 0 Å². The van der Waals surface area contributed by atoms with E-state index < -0.39 is 11.8 Å². The molecule has 4 nitrogen and oxygen atoms in total. The van der Waals surface area contributed by atoms with Crippen molar-refractivity contribution in [3.8, 4) is 0 Å². The Bertz CT molecular complexity index is 1200. The number of imide groups is 1. The summed E-state index contributed by atoms with van der Waals surface area (Å²) in [5.41, 5.74) is 4.33. The second-order valence-electron chi connectivity index (χ2n) is 7.31. The fourth-order valence-corrected chi connectivity index (χ4v) is 3.81. The van der Waals surface area contributed by atoms with E-state index in [4.69, 9.17) is 23.2 Å². The van der Waals surface area contributed by atoms with Gasteiger partial charge in [0.15, 0.2) is 0 Å². The van der Waals surface area contributed by atoms with Crippen molar-refractivity contribution in [1.82, 2.24) is 0 Å². The van der Waals surface area contributed by atoms with Gasteiger partial charge in [0.25, 0.3) is 11.8 Å². The van der Waals surface area contributed by atoms with Gasteiger partial charge in [-0.15, -0.1) is 0 Å². The highest BCUT2D eigenvalue weighted by atomic mass is 35.5. The Hall–Kier alpha value is -3.08. The first-order chi connectivity index (χ1) is 14.9. The fraction of sp³-hybridized carbons (Fsp3) is 0.120. The maximum absolute atomic E-state index is 13.5. The summed E-state index contributed by atoms with van der Waals surface area (Å²) < 4.78 is 0. The summed E-state index contributed by atoms with van der Waals surface area (Å²) in [5, 5.41) is 4.25. The van der Waals surface area contributed by atoms with E-state index in [2.05, 4.69) is 12.2 Å². The maximum Gasteiger partial charge on any atom is 0.282 e. The average molecular weight is 451 g/mol. The summed E-state index contributed by atoms with van der Waals surface area (Å²) in [4.78, 5) is 28.1. The summed E-state index contributed by atoms with van der Waals surface area (Å²) in [5.74, 6) is -0.808. The second-order valence-corrected chi connectivity index (χ2v) is 8.18. The highest BCUT2D eigenvalue weighted by molar-refractivity contribution is 6.46. The van der Waals surface area contributed by atoms with Gasteiger partial charge in [-0.3, -0.25) is 9.59 Å². The number of rotatable bonds is 5. The van der Waals surface area contributed by atoms with E-state index in [-0.39, 0.29) is 5.70 Å². The van der Waals surface area contributed by atoms with Crippen LogP contribution in [0.25, 0.3) is 5.57 Å². The lowest BCUT2D eigenvalue weighted by Crippen LogP contribution is -2.32. The molecule has 1 heterocycles. The quantitative estimate of drug-likeness (QED) is 0.466. The molecule has 6 heteroatoms. The molecule has 3 aromatic carbocycles. The predicted molar refractivity (Wildman–Crippen MR) is 126 cm³/mol. The van der Waals surface area contributed by atoms with Crippen molar-refractivity contribution in [1.29, 1.82) is 0 Å². The fourth-order valence-electron chi connectivity index (χ4n) is 3.51. The Morgan fingerprint density at radius 2 is 1.48 bits per heavy atom. The second kappa shape index (κ2) is 8.58. The molecular formula is C25H20Cl2N2O2. The minimum Gasteiger partial charge on any atom is -0.350 e. The molecule has 1 N–H and O–H groups in total. The molecule has 2 amide bonds. The lowest BCUT2D eigenvalue weighted by atomic mass is 10.0. The van der Waals surface area contributed by atoms with Gasteiger partial charge in [-0.05, 0) is 66.4 Å². The number of benzene rings is 3.